The lowest BCUT2D eigenvalue weighted by Crippen LogP contribution is -2.21. The molecule has 0 saturated heterocycles. The van der Waals surface area contributed by atoms with Crippen LogP contribution < -0.4 is 5.32 Å². The van der Waals surface area contributed by atoms with Crippen LogP contribution in [0.15, 0.2) is 40.3 Å². The van der Waals surface area contributed by atoms with E-state index in [1.807, 2.05) is 0 Å². The van der Waals surface area contributed by atoms with Crippen LogP contribution in [-0.2, 0) is 6.54 Å². The Balaban J connectivity index is 1.77. The SMILES string of the molecule is CCC(NCc1c(C)nc2sccn12)c1ccc(Br)cc1. The van der Waals surface area contributed by atoms with Crippen molar-refractivity contribution in [1.29, 1.82) is 0 Å². The first-order chi connectivity index (χ1) is 10.2. The number of hydrogen-bond acceptors (Lipinski definition) is 3. The molecule has 0 aliphatic carbocycles. The molecule has 0 spiro atoms. The van der Waals surface area contributed by atoms with Crippen LogP contribution in [-0.4, -0.2) is 9.38 Å². The van der Waals surface area contributed by atoms with E-state index in [1.165, 1.54) is 11.3 Å². The molecule has 0 amide bonds. The van der Waals surface area contributed by atoms with Crippen LogP contribution >= 0.6 is 27.3 Å². The molecule has 110 valence electrons. The number of nitrogens with one attached hydrogen (secondary N) is 1. The van der Waals surface area contributed by atoms with Gasteiger partial charge in [0.05, 0.1) is 11.4 Å². The van der Waals surface area contributed by atoms with Crippen molar-refractivity contribution in [2.45, 2.75) is 32.9 Å². The second-order valence-electron chi connectivity index (χ2n) is 5.09. The van der Waals surface area contributed by atoms with Crippen LogP contribution in [0.1, 0.15) is 36.3 Å². The van der Waals surface area contributed by atoms with Gasteiger partial charge in [0, 0.05) is 28.6 Å². The van der Waals surface area contributed by atoms with Gasteiger partial charge in [-0.15, -0.1) is 11.3 Å². The van der Waals surface area contributed by atoms with Crippen molar-refractivity contribution in [3.05, 3.63) is 57.3 Å². The third kappa shape index (κ3) is 3.05. The van der Waals surface area contributed by atoms with Crippen LogP contribution in [0.5, 0.6) is 0 Å². The summed E-state index contributed by atoms with van der Waals surface area (Å²) in [6, 6.07) is 8.91. The number of rotatable bonds is 5. The van der Waals surface area contributed by atoms with E-state index < -0.39 is 0 Å². The van der Waals surface area contributed by atoms with E-state index in [2.05, 4.69) is 80.3 Å². The van der Waals surface area contributed by atoms with Gasteiger partial charge in [-0.25, -0.2) is 4.98 Å². The van der Waals surface area contributed by atoms with Gasteiger partial charge in [-0.1, -0.05) is 35.0 Å². The molecule has 2 aromatic heterocycles. The van der Waals surface area contributed by atoms with Gasteiger partial charge in [-0.05, 0) is 31.0 Å². The van der Waals surface area contributed by atoms with Crippen LogP contribution in [0.25, 0.3) is 4.96 Å². The molecule has 5 heteroatoms. The summed E-state index contributed by atoms with van der Waals surface area (Å²) in [6.07, 6.45) is 3.16. The highest BCUT2D eigenvalue weighted by molar-refractivity contribution is 9.10. The minimum absolute atomic E-state index is 0.363. The minimum atomic E-state index is 0.363. The maximum absolute atomic E-state index is 4.60. The first-order valence-corrected chi connectivity index (χ1v) is 8.76. The van der Waals surface area contributed by atoms with Gasteiger partial charge in [-0.2, -0.15) is 0 Å². The summed E-state index contributed by atoms with van der Waals surface area (Å²) in [5, 5.41) is 5.74. The molecule has 1 aromatic carbocycles. The summed E-state index contributed by atoms with van der Waals surface area (Å²) in [4.78, 5) is 5.67. The van der Waals surface area contributed by atoms with Gasteiger partial charge in [0.25, 0.3) is 0 Å². The Morgan fingerprint density at radius 1 is 1.33 bits per heavy atom. The van der Waals surface area contributed by atoms with E-state index in [1.54, 1.807) is 11.3 Å². The molecule has 0 aliphatic heterocycles. The number of aromatic nitrogens is 2. The van der Waals surface area contributed by atoms with E-state index in [-0.39, 0.29) is 0 Å². The molecule has 0 aliphatic rings. The van der Waals surface area contributed by atoms with Crippen molar-refractivity contribution < 1.29 is 0 Å². The number of halogens is 1. The molecular weight excluding hydrogens is 346 g/mol. The smallest absolute Gasteiger partial charge is 0.194 e. The number of hydrogen-bond donors (Lipinski definition) is 1. The van der Waals surface area contributed by atoms with Crippen molar-refractivity contribution in [2.75, 3.05) is 0 Å². The molecular formula is C16H18BrN3S. The van der Waals surface area contributed by atoms with E-state index in [4.69, 9.17) is 0 Å². The fourth-order valence-electron chi connectivity index (χ4n) is 2.57. The number of thiazole rings is 1. The number of fused-ring (bicyclic) bond motifs is 1. The van der Waals surface area contributed by atoms with Crippen LogP contribution in [0.4, 0.5) is 0 Å². The molecule has 0 radical (unpaired) electrons. The Morgan fingerprint density at radius 2 is 2.10 bits per heavy atom. The highest BCUT2D eigenvalue weighted by Crippen LogP contribution is 2.21. The van der Waals surface area contributed by atoms with E-state index in [0.717, 1.165) is 28.1 Å². The molecule has 0 bridgehead atoms. The largest absolute Gasteiger partial charge is 0.304 e. The summed E-state index contributed by atoms with van der Waals surface area (Å²) in [7, 11) is 0. The van der Waals surface area contributed by atoms with Crippen molar-refractivity contribution in [2.24, 2.45) is 0 Å². The molecule has 0 saturated carbocycles. The highest BCUT2D eigenvalue weighted by atomic mass is 79.9. The number of imidazole rings is 1. The average molecular weight is 364 g/mol. The topological polar surface area (TPSA) is 29.3 Å². The van der Waals surface area contributed by atoms with Crippen molar-refractivity contribution in [1.82, 2.24) is 14.7 Å². The van der Waals surface area contributed by atoms with Crippen molar-refractivity contribution in [3.63, 3.8) is 0 Å². The first kappa shape index (κ1) is 14.8. The highest BCUT2D eigenvalue weighted by Gasteiger charge is 2.13. The summed E-state index contributed by atoms with van der Waals surface area (Å²) in [5.41, 5.74) is 3.69. The maximum atomic E-state index is 4.60. The number of nitrogens with zero attached hydrogens (tertiary/aromatic N) is 2. The van der Waals surface area contributed by atoms with Crippen molar-refractivity contribution in [3.8, 4) is 0 Å². The standard InChI is InChI=1S/C16H18BrN3S/c1-3-14(12-4-6-13(17)7-5-12)18-10-15-11(2)19-16-20(15)8-9-21-16/h4-9,14,18H,3,10H2,1-2H3. The molecule has 2 heterocycles. The Labute approximate surface area is 137 Å². The summed E-state index contributed by atoms with van der Waals surface area (Å²) < 4.78 is 3.30. The molecule has 1 N–H and O–H groups in total. The molecule has 1 unspecified atom stereocenters. The zero-order chi connectivity index (χ0) is 14.8. The van der Waals surface area contributed by atoms with Crippen LogP contribution in [0, 0.1) is 6.92 Å². The van der Waals surface area contributed by atoms with E-state index >= 15 is 0 Å². The lowest BCUT2D eigenvalue weighted by molar-refractivity contribution is 0.512. The second-order valence-corrected chi connectivity index (χ2v) is 6.88. The zero-order valence-electron chi connectivity index (χ0n) is 12.1. The quantitative estimate of drug-likeness (QED) is 0.711. The van der Waals surface area contributed by atoms with Gasteiger partial charge < -0.3 is 5.32 Å². The van der Waals surface area contributed by atoms with Gasteiger partial charge in [0.2, 0.25) is 0 Å². The zero-order valence-corrected chi connectivity index (χ0v) is 14.5. The molecule has 21 heavy (non-hydrogen) atoms. The Bertz CT molecular complexity index is 730. The molecule has 0 fully saturated rings. The van der Waals surface area contributed by atoms with Gasteiger partial charge in [0.1, 0.15) is 0 Å². The third-order valence-corrected chi connectivity index (χ3v) is 5.04. The van der Waals surface area contributed by atoms with Gasteiger partial charge >= 0.3 is 0 Å². The van der Waals surface area contributed by atoms with Gasteiger partial charge in [0.15, 0.2) is 4.96 Å². The van der Waals surface area contributed by atoms with Crippen molar-refractivity contribution >= 4 is 32.2 Å². The second kappa shape index (κ2) is 6.30. The van der Waals surface area contributed by atoms with E-state index in [0.29, 0.717) is 6.04 Å². The van der Waals surface area contributed by atoms with Crippen LogP contribution in [0.2, 0.25) is 0 Å². The number of benzene rings is 1. The monoisotopic (exact) mass is 363 g/mol. The molecule has 1 atom stereocenters. The minimum Gasteiger partial charge on any atom is -0.304 e. The van der Waals surface area contributed by atoms with Gasteiger partial charge in [-0.3, -0.25) is 4.40 Å². The fraction of sp³-hybridized carbons (Fsp3) is 0.312. The molecule has 3 rings (SSSR count). The first-order valence-electron chi connectivity index (χ1n) is 7.09. The number of aryl methyl sites for hydroxylation is 1. The summed E-state index contributed by atoms with van der Waals surface area (Å²) >= 11 is 5.17. The summed E-state index contributed by atoms with van der Waals surface area (Å²) in [6.45, 7) is 5.12. The predicted molar refractivity (Wildman–Crippen MR) is 91.8 cm³/mol. The maximum Gasteiger partial charge on any atom is 0.194 e. The predicted octanol–water partition coefficient (Wildman–Crippen LogP) is 4.71. The van der Waals surface area contributed by atoms with E-state index in [9.17, 15) is 0 Å². The Kier molecular flexibility index (Phi) is 4.42. The Morgan fingerprint density at radius 3 is 2.81 bits per heavy atom. The normalized spacial score (nSPS) is 12.9. The molecule has 3 aromatic rings. The van der Waals surface area contributed by atoms with Crippen LogP contribution in [0.3, 0.4) is 0 Å². The molecule has 3 nitrogen and oxygen atoms in total. The lowest BCUT2D eigenvalue weighted by atomic mass is 10.0. The third-order valence-electron chi connectivity index (χ3n) is 3.76. The lowest BCUT2D eigenvalue weighted by Gasteiger charge is -2.17. The Hall–Kier alpha value is -1.17. The fourth-order valence-corrected chi connectivity index (χ4v) is 3.61. The summed E-state index contributed by atoms with van der Waals surface area (Å²) in [5.74, 6) is 0. The average Bonchev–Trinajstić information content (AvgIpc) is 3.03.